The highest BCUT2D eigenvalue weighted by Gasteiger charge is 2.28. The van der Waals surface area contributed by atoms with Crippen molar-refractivity contribution in [2.24, 2.45) is 0 Å². The number of nitrogen functional groups attached to an aromatic ring is 1. The van der Waals surface area contributed by atoms with E-state index in [1.165, 1.54) is 12.1 Å². The quantitative estimate of drug-likeness (QED) is 0.361. The fourth-order valence-electron chi connectivity index (χ4n) is 2.76. The van der Waals surface area contributed by atoms with Gasteiger partial charge in [0.15, 0.2) is 0 Å². The molecule has 5 N–H and O–H groups in total. The lowest BCUT2D eigenvalue weighted by Gasteiger charge is -2.28. The van der Waals surface area contributed by atoms with Crippen molar-refractivity contribution >= 4 is 17.3 Å². The summed E-state index contributed by atoms with van der Waals surface area (Å²) in [5, 5.41) is 23.4. The van der Waals surface area contributed by atoms with Crippen molar-refractivity contribution in [3.8, 4) is 11.5 Å². The summed E-state index contributed by atoms with van der Waals surface area (Å²) in [6.45, 7) is 11.9. The minimum atomic E-state index is -0.373. The summed E-state index contributed by atoms with van der Waals surface area (Å²) in [7, 11) is 0. The minimum absolute atomic E-state index is 0.0570. The molecule has 0 fully saturated rings. The van der Waals surface area contributed by atoms with Gasteiger partial charge in [-0.25, -0.2) is 0 Å². The first-order chi connectivity index (χ1) is 11.8. The van der Waals surface area contributed by atoms with Crippen LogP contribution in [0.5, 0.6) is 11.5 Å². The first kappa shape index (κ1) is 19.6. The molecule has 1 amide bonds. The summed E-state index contributed by atoms with van der Waals surface area (Å²) < 4.78 is 0. The summed E-state index contributed by atoms with van der Waals surface area (Å²) in [5.74, 6) is -0.214. The second kappa shape index (κ2) is 6.56. The smallest absolute Gasteiger partial charge is 0.255 e. The molecule has 2 aromatic carbocycles. The van der Waals surface area contributed by atoms with Gasteiger partial charge in [-0.1, -0.05) is 41.5 Å². The maximum Gasteiger partial charge on any atom is 0.255 e. The van der Waals surface area contributed by atoms with Crippen molar-refractivity contribution in [2.75, 3.05) is 11.1 Å². The monoisotopic (exact) mass is 356 g/mol. The van der Waals surface area contributed by atoms with Gasteiger partial charge in [0, 0.05) is 22.4 Å². The van der Waals surface area contributed by atoms with Crippen molar-refractivity contribution in [1.82, 2.24) is 0 Å². The zero-order chi connectivity index (χ0) is 19.9. The average molecular weight is 356 g/mol. The normalized spacial score (nSPS) is 12.1. The number of anilines is 2. The molecule has 2 aromatic rings. The van der Waals surface area contributed by atoms with Crippen LogP contribution >= 0.6 is 0 Å². The Labute approximate surface area is 154 Å². The third-order valence-electron chi connectivity index (χ3n) is 4.26. The first-order valence-corrected chi connectivity index (χ1v) is 8.58. The molecule has 26 heavy (non-hydrogen) atoms. The molecule has 0 aliphatic heterocycles. The lowest BCUT2D eigenvalue weighted by molar-refractivity contribution is 0.102. The lowest BCUT2D eigenvalue weighted by atomic mass is 9.78. The summed E-state index contributed by atoms with van der Waals surface area (Å²) in [6.07, 6.45) is 0. The van der Waals surface area contributed by atoms with Gasteiger partial charge in [-0.15, -0.1) is 0 Å². The molecule has 0 unspecified atom stereocenters. The molecule has 5 heteroatoms. The van der Waals surface area contributed by atoms with Crippen molar-refractivity contribution in [3.63, 3.8) is 0 Å². The van der Waals surface area contributed by atoms with Gasteiger partial charge in [0.1, 0.15) is 11.5 Å². The van der Waals surface area contributed by atoms with Crippen LogP contribution in [0.1, 0.15) is 63.0 Å². The maximum absolute atomic E-state index is 12.8. The highest BCUT2D eigenvalue weighted by Crippen LogP contribution is 2.40. The van der Waals surface area contributed by atoms with E-state index in [2.05, 4.69) is 5.32 Å². The highest BCUT2D eigenvalue weighted by atomic mass is 16.3. The van der Waals surface area contributed by atoms with E-state index in [-0.39, 0.29) is 33.9 Å². The predicted molar refractivity (Wildman–Crippen MR) is 106 cm³/mol. The summed E-state index contributed by atoms with van der Waals surface area (Å²) >= 11 is 0. The van der Waals surface area contributed by atoms with Crippen LogP contribution in [-0.4, -0.2) is 16.1 Å². The summed E-state index contributed by atoms with van der Waals surface area (Å²) in [5.41, 5.74) is 7.57. The molecule has 0 aliphatic rings. The standard InChI is InChI=1S/C21H28N2O3/c1-20(2,3)14-9-12(10-15(18(14)25)21(4,5)6)19(26)23-16-11-13(22)7-8-17(16)24/h7-11,24-25H,22H2,1-6H3,(H,23,26). The van der Waals surface area contributed by atoms with Crippen LogP contribution in [0.25, 0.3) is 0 Å². The lowest BCUT2D eigenvalue weighted by Crippen LogP contribution is -2.20. The number of nitrogens with two attached hydrogens (primary N) is 1. The van der Waals surface area contributed by atoms with Gasteiger partial charge in [0.05, 0.1) is 5.69 Å². The van der Waals surface area contributed by atoms with E-state index >= 15 is 0 Å². The molecule has 0 bridgehead atoms. The second-order valence-corrected chi connectivity index (χ2v) is 8.65. The molecule has 5 nitrogen and oxygen atoms in total. The number of phenolic OH excluding ortho intramolecular Hbond substituents is 2. The average Bonchev–Trinajstić information content (AvgIpc) is 2.48. The van der Waals surface area contributed by atoms with Gasteiger partial charge >= 0.3 is 0 Å². The molecule has 140 valence electrons. The molecule has 0 radical (unpaired) electrons. The van der Waals surface area contributed by atoms with Crippen LogP contribution in [0.4, 0.5) is 11.4 Å². The van der Waals surface area contributed by atoms with Crippen LogP contribution in [-0.2, 0) is 10.8 Å². The van der Waals surface area contributed by atoms with E-state index in [0.717, 1.165) is 0 Å². The Balaban J connectivity index is 2.55. The molecule has 0 heterocycles. The SMILES string of the molecule is CC(C)(C)c1cc(C(=O)Nc2cc(N)ccc2O)cc(C(C)(C)C)c1O. The van der Waals surface area contributed by atoms with Gasteiger partial charge in [-0.3, -0.25) is 4.79 Å². The van der Waals surface area contributed by atoms with Gasteiger partial charge in [0.25, 0.3) is 5.91 Å². The molecule has 0 saturated heterocycles. The Hall–Kier alpha value is -2.69. The first-order valence-electron chi connectivity index (χ1n) is 8.58. The van der Waals surface area contributed by atoms with Crippen molar-refractivity contribution in [1.29, 1.82) is 0 Å². The topological polar surface area (TPSA) is 95.6 Å². The molecule has 2 rings (SSSR count). The number of phenols is 2. The fraction of sp³-hybridized carbons (Fsp3) is 0.381. The Morgan fingerprint density at radius 2 is 1.42 bits per heavy atom. The van der Waals surface area contributed by atoms with E-state index < -0.39 is 0 Å². The Morgan fingerprint density at radius 1 is 0.923 bits per heavy atom. The van der Waals surface area contributed by atoms with E-state index in [0.29, 0.717) is 22.4 Å². The molecule has 0 atom stereocenters. The van der Waals surface area contributed by atoms with Gasteiger partial charge in [-0.2, -0.15) is 0 Å². The fourth-order valence-corrected chi connectivity index (χ4v) is 2.76. The van der Waals surface area contributed by atoms with E-state index in [1.807, 2.05) is 41.5 Å². The van der Waals surface area contributed by atoms with Crippen LogP contribution in [0.2, 0.25) is 0 Å². The van der Waals surface area contributed by atoms with Crippen LogP contribution < -0.4 is 11.1 Å². The van der Waals surface area contributed by atoms with Gasteiger partial charge in [-0.05, 0) is 41.2 Å². The summed E-state index contributed by atoms with van der Waals surface area (Å²) in [4.78, 5) is 12.8. The van der Waals surface area contributed by atoms with Crippen molar-refractivity contribution in [3.05, 3.63) is 47.0 Å². The number of nitrogens with one attached hydrogen (secondary N) is 1. The summed E-state index contributed by atoms with van der Waals surface area (Å²) in [6, 6.07) is 7.89. The molecular formula is C21H28N2O3. The van der Waals surface area contributed by atoms with Crippen molar-refractivity contribution < 1.29 is 15.0 Å². The number of rotatable bonds is 2. The molecule has 0 aromatic heterocycles. The van der Waals surface area contributed by atoms with Crippen LogP contribution in [0.3, 0.4) is 0 Å². The second-order valence-electron chi connectivity index (χ2n) is 8.65. The Kier molecular flexibility index (Phi) is 4.95. The number of hydrogen-bond donors (Lipinski definition) is 4. The van der Waals surface area contributed by atoms with Crippen molar-refractivity contribution in [2.45, 2.75) is 52.4 Å². The number of amides is 1. The molecule has 0 spiro atoms. The predicted octanol–water partition coefficient (Wildman–Crippen LogP) is 4.53. The maximum atomic E-state index is 12.8. The molecule has 0 saturated carbocycles. The number of hydrogen-bond acceptors (Lipinski definition) is 4. The zero-order valence-electron chi connectivity index (χ0n) is 16.3. The van der Waals surface area contributed by atoms with E-state index in [9.17, 15) is 15.0 Å². The number of aromatic hydroxyl groups is 2. The number of carbonyl (C=O) groups is 1. The van der Waals surface area contributed by atoms with E-state index in [4.69, 9.17) is 5.73 Å². The third kappa shape index (κ3) is 4.10. The van der Waals surface area contributed by atoms with Gasteiger partial charge < -0.3 is 21.3 Å². The van der Waals surface area contributed by atoms with Crippen LogP contribution in [0.15, 0.2) is 30.3 Å². The van der Waals surface area contributed by atoms with E-state index in [1.54, 1.807) is 18.2 Å². The molecular weight excluding hydrogens is 328 g/mol. The molecule has 0 aliphatic carbocycles. The largest absolute Gasteiger partial charge is 0.507 e. The Bertz CT molecular complexity index is 808. The number of carbonyl (C=O) groups excluding carboxylic acids is 1. The van der Waals surface area contributed by atoms with Crippen LogP contribution in [0, 0.1) is 0 Å². The highest BCUT2D eigenvalue weighted by molar-refractivity contribution is 6.05. The minimum Gasteiger partial charge on any atom is -0.507 e. The number of benzene rings is 2. The van der Waals surface area contributed by atoms with Gasteiger partial charge in [0.2, 0.25) is 0 Å². The zero-order valence-corrected chi connectivity index (χ0v) is 16.3. The Morgan fingerprint density at radius 3 is 1.88 bits per heavy atom. The third-order valence-corrected chi connectivity index (χ3v) is 4.26.